The van der Waals surface area contributed by atoms with Crippen molar-refractivity contribution in [2.24, 2.45) is 0 Å². The molecule has 0 fully saturated rings. The number of aromatic nitrogens is 2. The van der Waals surface area contributed by atoms with E-state index in [0.717, 1.165) is 12.1 Å². The third-order valence-corrected chi connectivity index (χ3v) is 2.49. The summed E-state index contributed by atoms with van der Waals surface area (Å²) in [6.45, 7) is 0. The summed E-state index contributed by atoms with van der Waals surface area (Å²) in [4.78, 5) is 14.3. The van der Waals surface area contributed by atoms with Crippen molar-refractivity contribution in [3.8, 4) is 11.4 Å². The van der Waals surface area contributed by atoms with Gasteiger partial charge in [-0.3, -0.25) is 4.79 Å². The highest BCUT2D eigenvalue weighted by atomic mass is 19.4. The van der Waals surface area contributed by atoms with Gasteiger partial charge in [0.15, 0.2) is 0 Å². The smallest absolute Gasteiger partial charge is 0.416 e. The van der Waals surface area contributed by atoms with Crippen molar-refractivity contribution < 1.29 is 27.6 Å². The number of carboxylic acids is 1. The third kappa shape index (κ3) is 3.34. The van der Waals surface area contributed by atoms with E-state index in [1.807, 2.05) is 0 Å². The molecule has 2 rings (SSSR count). The molecule has 20 heavy (non-hydrogen) atoms. The van der Waals surface area contributed by atoms with Gasteiger partial charge in [-0.05, 0) is 12.1 Å². The largest absolute Gasteiger partial charge is 0.481 e. The molecule has 1 heterocycles. The van der Waals surface area contributed by atoms with Crippen molar-refractivity contribution in [3.05, 3.63) is 35.7 Å². The van der Waals surface area contributed by atoms with Gasteiger partial charge in [0.1, 0.15) is 0 Å². The number of hydrogen-bond acceptors (Lipinski definition) is 4. The van der Waals surface area contributed by atoms with Crippen molar-refractivity contribution in [2.45, 2.75) is 19.0 Å². The monoisotopic (exact) mass is 286 g/mol. The number of nitrogens with zero attached hydrogens (tertiary/aromatic N) is 2. The van der Waals surface area contributed by atoms with Crippen molar-refractivity contribution in [1.29, 1.82) is 0 Å². The zero-order valence-corrected chi connectivity index (χ0v) is 10.0. The third-order valence-electron chi connectivity index (χ3n) is 2.49. The van der Waals surface area contributed by atoms with Crippen LogP contribution in [-0.2, 0) is 17.4 Å². The van der Waals surface area contributed by atoms with Gasteiger partial charge in [0.05, 0.1) is 12.0 Å². The number of rotatable bonds is 4. The van der Waals surface area contributed by atoms with E-state index in [1.165, 1.54) is 12.1 Å². The second-order valence-corrected chi connectivity index (χ2v) is 3.98. The second-order valence-electron chi connectivity index (χ2n) is 3.98. The molecule has 1 N–H and O–H groups in total. The molecule has 0 aliphatic rings. The predicted molar refractivity (Wildman–Crippen MR) is 60.7 cm³/mol. The minimum Gasteiger partial charge on any atom is -0.481 e. The molecule has 0 aliphatic carbocycles. The lowest BCUT2D eigenvalue weighted by Crippen LogP contribution is -2.04. The molecule has 0 saturated heterocycles. The van der Waals surface area contributed by atoms with Crippen molar-refractivity contribution in [2.75, 3.05) is 0 Å². The Balaban J connectivity index is 2.14. The summed E-state index contributed by atoms with van der Waals surface area (Å²) in [5.41, 5.74) is -0.404. The maximum atomic E-state index is 12.4. The van der Waals surface area contributed by atoms with E-state index < -0.39 is 17.7 Å². The average molecular weight is 286 g/mol. The highest BCUT2D eigenvalue weighted by molar-refractivity contribution is 5.66. The van der Waals surface area contributed by atoms with Gasteiger partial charge >= 0.3 is 12.1 Å². The SMILES string of the molecule is O=C(O)CCc1nc(-c2ccc(C(F)(F)F)cc2)no1. The molecule has 0 spiro atoms. The summed E-state index contributed by atoms with van der Waals surface area (Å²) in [5, 5.41) is 12.1. The fraction of sp³-hybridized carbons (Fsp3) is 0.250. The lowest BCUT2D eigenvalue weighted by molar-refractivity contribution is -0.138. The van der Waals surface area contributed by atoms with Gasteiger partial charge in [0.25, 0.3) is 0 Å². The van der Waals surface area contributed by atoms with Gasteiger partial charge in [-0.2, -0.15) is 18.2 Å². The number of alkyl halides is 3. The Hall–Kier alpha value is -2.38. The number of aliphatic carboxylic acids is 1. The predicted octanol–water partition coefficient (Wildman–Crippen LogP) is 2.77. The molecule has 5 nitrogen and oxygen atoms in total. The number of hydrogen-bond donors (Lipinski definition) is 1. The van der Waals surface area contributed by atoms with Gasteiger partial charge in [-0.25, -0.2) is 0 Å². The molecule has 0 amide bonds. The van der Waals surface area contributed by atoms with E-state index in [0.29, 0.717) is 5.56 Å². The highest BCUT2D eigenvalue weighted by Crippen LogP contribution is 2.30. The Morgan fingerprint density at radius 3 is 2.45 bits per heavy atom. The molecule has 0 aliphatic heterocycles. The molecule has 106 valence electrons. The van der Waals surface area contributed by atoms with Gasteiger partial charge in [0.2, 0.25) is 11.7 Å². The Labute approximate surface area is 111 Å². The van der Waals surface area contributed by atoms with Gasteiger partial charge in [-0.1, -0.05) is 17.3 Å². The second kappa shape index (κ2) is 5.32. The maximum Gasteiger partial charge on any atom is 0.416 e. The van der Waals surface area contributed by atoms with Crippen molar-refractivity contribution in [3.63, 3.8) is 0 Å². The lowest BCUT2D eigenvalue weighted by atomic mass is 10.1. The zero-order valence-electron chi connectivity index (χ0n) is 10.0. The van der Waals surface area contributed by atoms with Crippen LogP contribution in [0.2, 0.25) is 0 Å². The summed E-state index contributed by atoms with van der Waals surface area (Å²) >= 11 is 0. The quantitative estimate of drug-likeness (QED) is 0.935. The van der Waals surface area contributed by atoms with E-state index in [-0.39, 0.29) is 24.6 Å². The maximum absolute atomic E-state index is 12.4. The fourth-order valence-corrected chi connectivity index (χ4v) is 1.50. The molecule has 8 heteroatoms. The minimum atomic E-state index is -4.40. The summed E-state index contributed by atoms with van der Waals surface area (Å²) < 4.78 is 42.0. The Bertz CT molecular complexity index is 605. The summed E-state index contributed by atoms with van der Waals surface area (Å²) in [6, 6.07) is 4.30. The number of aryl methyl sites for hydroxylation is 1. The van der Waals surface area contributed by atoms with Crippen LogP contribution in [0.15, 0.2) is 28.8 Å². The van der Waals surface area contributed by atoms with Crippen molar-refractivity contribution >= 4 is 5.97 Å². The molecule has 0 atom stereocenters. The fourth-order valence-electron chi connectivity index (χ4n) is 1.50. The molecular formula is C12H9F3N2O3. The molecule has 0 bridgehead atoms. The standard InChI is InChI=1S/C12H9F3N2O3/c13-12(14,15)8-3-1-7(2-4-8)11-16-9(20-17-11)5-6-10(18)19/h1-4H,5-6H2,(H,18,19). The normalized spacial score (nSPS) is 11.6. The van der Waals surface area contributed by atoms with Gasteiger partial charge < -0.3 is 9.63 Å². The lowest BCUT2D eigenvalue weighted by Gasteiger charge is -2.05. The van der Waals surface area contributed by atoms with Crippen LogP contribution >= 0.6 is 0 Å². The van der Waals surface area contributed by atoms with E-state index in [1.54, 1.807) is 0 Å². The first-order valence-corrected chi connectivity index (χ1v) is 5.58. The Morgan fingerprint density at radius 2 is 1.90 bits per heavy atom. The van der Waals surface area contributed by atoms with Crippen LogP contribution in [0.3, 0.4) is 0 Å². The molecule has 2 aromatic rings. The van der Waals surface area contributed by atoms with E-state index in [4.69, 9.17) is 9.63 Å². The van der Waals surface area contributed by atoms with Crippen LogP contribution in [0.1, 0.15) is 17.9 Å². The number of carbonyl (C=O) groups is 1. The summed E-state index contributed by atoms with van der Waals surface area (Å²) in [5.74, 6) is -0.749. The van der Waals surface area contributed by atoms with Crippen LogP contribution < -0.4 is 0 Å². The van der Waals surface area contributed by atoms with Crippen LogP contribution in [0.4, 0.5) is 13.2 Å². The topological polar surface area (TPSA) is 76.2 Å². The van der Waals surface area contributed by atoms with E-state index in [9.17, 15) is 18.0 Å². The van der Waals surface area contributed by atoms with Crippen LogP contribution in [-0.4, -0.2) is 21.2 Å². The van der Waals surface area contributed by atoms with Crippen molar-refractivity contribution in [1.82, 2.24) is 10.1 Å². The molecular weight excluding hydrogens is 277 g/mol. The molecule has 0 unspecified atom stereocenters. The Morgan fingerprint density at radius 1 is 1.25 bits per heavy atom. The first kappa shape index (κ1) is 14.0. The zero-order chi connectivity index (χ0) is 14.8. The van der Waals surface area contributed by atoms with E-state index in [2.05, 4.69) is 10.1 Å². The molecule has 0 radical (unpaired) electrons. The van der Waals surface area contributed by atoms with E-state index >= 15 is 0 Å². The average Bonchev–Trinajstić information content (AvgIpc) is 2.84. The first-order valence-electron chi connectivity index (χ1n) is 5.58. The molecule has 1 aromatic carbocycles. The molecule has 1 aromatic heterocycles. The van der Waals surface area contributed by atoms with Gasteiger partial charge in [-0.15, -0.1) is 0 Å². The Kier molecular flexibility index (Phi) is 3.73. The number of halogens is 3. The summed E-state index contributed by atoms with van der Waals surface area (Å²) in [6.07, 6.45) is -4.49. The number of carboxylic acid groups (broad SMARTS) is 1. The number of benzene rings is 1. The molecule has 0 saturated carbocycles. The van der Waals surface area contributed by atoms with Crippen LogP contribution in [0.5, 0.6) is 0 Å². The summed E-state index contributed by atoms with van der Waals surface area (Å²) in [7, 11) is 0. The van der Waals surface area contributed by atoms with Crippen LogP contribution in [0, 0.1) is 0 Å². The van der Waals surface area contributed by atoms with Crippen LogP contribution in [0.25, 0.3) is 11.4 Å². The first-order chi connectivity index (χ1) is 9.36. The van der Waals surface area contributed by atoms with Gasteiger partial charge in [0, 0.05) is 12.0 Å². The highest BCUT2D eigenvalue weighted by Gasteiger charge is 2.30. The minimum absolute atomic E-state index is 0.0724.